The maximum Gasteiger partial charge on any atom is 0.306 e. The smallest absolute Gasteiger partial charge is 0.306 e. The zero-order chi connectivity index (χ0) is 47.2. The molecule has 1 atom stereocenters. The Kier molecular flexibility index (Phi) is 51.8. The van der Waals surface area contributed by atoms with Crippen LogP contribution in [0.15, 0.2) is 48.6 Å². The van der Waals surface area contributed by atoms with Gasteiger partial charge in [-0.2, -0.15) is 0 Å². The molecule has 0 rings (SSSR count). The number of hydrogen-bond acceptors (Lipinski definition) is 6. The van der Waals surface area contributed by atoms with Gasteiger partial charge in [-0.25, -0.2) is 0 Å². The van der Waals surface area contributed by atoms with Crippen LogP contribution in [0.25, 0.3) is 0 Å². The number of carbonyl (C=O) groups is 3. The minimum absolute atomic E-state index is 0.0760. The number of rotatable bonds is 51. The van der Waals surface area contributed by atoms with Crippen LogP contribution in [-0.2, 0) is 28.6 Å². The van der Waals surface area contributed by atoms with Crippen LogP contribution in [0, 0.1) is 0 Å². The maximum absolute atomic E-state index is 12.8. The highest BCUT2D eigenvalue weighted by atomic mass is 16.6. The molecule has 0 aliphatic rings. The summed E-state index contributed by atoms with van der Waals surface area (Å²) in [4.78, 5) is 37.8. The van der Waals surface area contributed by atoms with E-state index in [1.807, 2.05) is 0 Å². The van der Waals surface area contributed by atoms with E-state index in [1.165, 1.54) is 167 Å². The molecule has 65 heavy (non-hydrogen) atoms. The molecule has 0 N–H and O–H groups in total. The van der Waals surface area contributed by atoms with Crippen LogP contribution in [0.1, 0.15) is 290 Å². The highest BCUT2D eigenvalue weighted by molar-refractivity contribution is 5.71. The number of unbranched alkanes of at least 4 members (excludes halogenated alkanes) is 32. The second-order valence-electron chi connectivity index (χ2n) is 18.8. The third-order valence-corrected chi connectivity index (χ3v) is 12.3. The van der Waals surface area contributed by atoms with Gasteiger partial charge in [0.15, 0.2) is 6.10 Å². The van der Waals surface area contributed by atoms with Gasteiger partial charge in [0.05, 0.1) is 0 Å². The minimum atomic E-state index is -0.773. The monoisotopic (exact) mass is 911 g/mol. The Bertz CT molecular complexity index is 1140. The fourth-order valence-electron chi connectivity index (χ4n) is 8.03. The molecule has 0 spiro atoms. The SMILES string of the molecule is CCCCCCC/C=C\C/C=C\C/C=C\CCCCCCCCCCC(=O)OCC(COC(=O)CCCCCCC)OC(=O)CCCCCCCCCCC/C=C\CCCCCCCC. The Balaban J connectivity index is 4.12. The molecule has 0 aromatic carbocycles. The highest BCUT2D eigenvalue weighted by Gasteiger charge is 2.19. The lowest BCUT2D eigenvalue weighted by Gasteiger charge is -2.18. The Labute approximate surface area is 403 Å². The molecular formula is C59H106O6. The van der Waals surface area contributed by atoms with Crippen molar-refractivity contribution in [3.8, 4) is 0 Å². The van der Waals surface area contributed by atoms with Crippen molar-refractivity contribution in [1.82, 2.24) is 0 Å². The number of carbonyl (C=O) groups excluding carboxylic acids is 3. The van der Waals surface area contributed by atoms with Crippen LogP contribution in [-0.4, -0.2) is 37.2 Å². The third kappa shape index (κ3) is 52.2. The lowest BCUT2D eigenvalue weighted by atomic mass is 10.1. The molecule has 0 saturated heterocycles. The van der Waals surface area contributed by atoms with Crippen molar-refractivity contribution < 1.29 is 28.6 Å². The number of hydrogen-bond donors (Lipinski definition) is 0. The molecule has 0 saturated carbocycles. The van der Waals surface area contributed by atoms with Crippen LogP contribution in [0.3, 0.4) is 0 Å². The summed E-state index contributed by atoms with van der Waals surface area (Å²) in [7, 11) is 0. The fraction of sp³-hybridized carbons (Fsp3) is 0.814. The van der Waals surface area contributed by atoms with E-state index in [2.05, 4.69) is 69.4 Å². The Morgan fingerprint density at radius 1 is 0.308 bits per heavy atom. The molecular weight excluding hydrogens is 805 g/mol. The van der Waals surface area contributed by atoms with Crippen LogP contribution in [0.4, 0.5) is 0 Å². The van der Waals surface area contributed by atoms with E-state index < -0.39 is 6.10 Å². The molecule has 0 fully saturated rings. The Hall–Kier alpha value is -2.63. The molecule has 6 nitrogen and oxygen atoms in total. The first-order valence-electron chi connectivity index (χ1n) is 28.1. The van der Waals surface area contributed by atoms with Crippen LogP contribution >= 0.6 is 0 Å². The predicted molar refractivity (Wildman–Crippen MR) is 279 cm³/mol. The quantitative estimate of drug-likeness (QED) is 0.0262. The summed E-state index contributed by atoms with van der Waals surface area (Å²) in [6.45, 7) is 6.56. The first-order valence-corrected chi connectivity index (χ1v) is 28.1. The summed E-state index contributed by atoms with van der Waals surface area (Å²) in [6, 6.07) is 0. The molecule has 0 amide bonds. The zero-order valence-corrected chi connectivity index (χ0v) is 43.3. The topological polar surface area (TPSA) is 78.9 Å². The first-order chi connectivity index (χ1) is 32.0. The van der Waals surface area contributed by atoms with Gasteiger partial charge in [-0.1, -0.05) is 236 Å². The van der Waals surface area contributed by atoms with E-state index in [4.69, 9.17) is 14.2 Å². The van der Waals surface area contributed by atoms with E-state index in [9.17, 15) is 14.4 Å². The van der Waals surface area contributed by atoms with Gasteiger partial charge in [0.1, 0.15) is 13.2 Å². The zero-order valence-electron chi connectivity index (χ0n) is 43.3. The van der Waals surface area contributed by atoms with Crippen molar-refractivity contribution in [3.63, 3.8) is 0 Å². The van der Waals surface area contributed by atoms with E-state index >= 15 is 0 Å². The van der Waals surface area contributed by atoms with Gasteiger partial charge in [-0.15, -0.1) is 0 Å². The number of esters is 3. The van der Waals surface area contributed by atoms with Crippen molar-refractivity contribution in [2.24, 2.45) is 0 Å². The van der Waals surface area contributed by atoms with Gasteiger partial charge >= 0.3 is 17.9 Å². The van der Waals surface area contributed by atoms with Crippen LogP contribution < -0.4 is 0 Å². The average Bonchev–Trinajstić information content (AvgIpc) is 3.30. The largest absolute Gasteiger partial charge is 0.462 e. The number of ether oxygens (including phenoxy) is 3. The summed E-state index contributed by atoms with van der Waals surface area (Å²) in [5.74, 6) is -0.889. The molecule has 0 radical (unpaired) electrons. The summed E-state index contributed by atoms with van der Waals surface area (Å²) in [5, 5.41) is 0. The van der Waals surface area contributed by atoms with Crippen molar-refractivity contribution in [2.45, 2.75) is 297 Å². The molecule has 0 aromatic rings. The molecule has 1 unspecified atom stereocenters. The molecule has 0 heterocycles. The van der Waals surface area contributed by atoms with Crippen LogP contribution in [0.2, 0.25) is 0 Å². The summed E-state index contributed by atoms with van der Waals surface area (Å²) in [6.07, 6.45) is 65.7. The summed E-state index contributed by atoms with van der Waals surface area (Å²) in [5.41, 5.74) is 0. The van der Waals surface area contributed by atoms with Gasteiger partial charge in [0.25, 0.3) is 0 Å². The predicted octanol–water partition coefficient (Wildman–Crippen LogP) is 18.7. The lowest BCUT2D eigenvalue weighted by Crippen LogP contribution is -2.30. The van der Waals surface area contributed by atoms with Crippen molar-refractivity contribution in [2.75, 3.05) is 13.2 Å². The summed E-state index contributed by atoms with van der Waals surface area (Å²) >= 11 is 0. The van der Waals surface area contributed by atoms with E-state index in [0.717, 1.165) is 83.5 Å². The van der Waals surface area contributed by atoms with Gasteiger partial charge in [-0.05, 0) is 83.5 Å². The van der Waals surface area contributed by atoms with E-state index in [1.54, 1.807) is 0 Å². The maximum atomic E-state index is 12.8. The second kappa shape index (κ2) is 54.0. The lowest BCUT2D eigenvalue weighted by molar-refractivity contribution is -0.167. The standard InChI is InChI=1S/C59H106O6/c1-4-7-10-13-15-17-19-21-23-25-27-28-29-30-32-33-35-37-39-41-43-46-49-52-58(61)64-55-56(54-63-57(60)51-48-45-12-9-6-3)65-59(62)53-50-47-44-42-40-38-36-34-31-26-24-22-20-18-16-14-11-8-5-2/h19,21-22,24-25,27,29-30,56H,4-18,20,23,26,28,31-55H2,1-3H3/b21-19-,24-22-,27-25-,30-29-. The van der Waals surface area contributed by atoms with Crippen molar-refractivity contribution in [1.29, 1.82) is 0 Å². The van der Waals surface area contributed by atoms with Gasteiger partial charge in [0, 0.05) is 19.3 Å². The van der Waals surface area contributed by atoms with E-state index in [-0.39, 0.29) is 31.1 Å². The molecule has 0 aliphatic heterocycles. The number of allylic oxidation sites excluding steroid dienone is 8. The van der Waals surface area contributed by atoms with Crippen molar-refractivity contribution >= 4 is 17.9 Å². The van der Waals surface area contributed by atoms with Gasteiger partial charge in [0.2, 0.25) is 0 Å². The Morgan fingerprint density at radius 3 is 0.877 bits per heavy atom. The average molecular weight is 911 g/mol. The highest BCUT2D eigenvalue weighted by Crippen LogP contribution is 2.15. The third-order valence-electron chi connectivity index (χ3n) is 12.3. The minimum Gasteiger partial charge on any atom is -0.462 e. The summed E-state index contributed by atoms with van der Waals surface area (Å²) < 4.78 is 16.7. The van der Waals surface area contributed by atoms with Crippen LogP contribution in [0.5, 0.6) is 0 Å². The fourth-order valence-corrected chi connectivity index (χ4v) is 8.03. The van der Waals surface area contributed by atoms with E-state index in [0.29, 0.717) is 19.3 Å². The first kappa shape index (κ1) is 62.4. The second-order valence-corrected chi connectivity index (χ2v) is 18.8. The molecule has 378 valence electrons. The Morgan fingerprint density at radius 2 is 0.554 bits per heavy atom. The molecule has 6 heteroatoms. The van der Waals surface area contributed by atoms with Gasteiger partial charge < -0.3 is 14.2 Å². The molecule has 0 aromatic heterocycles. The van der Waals surface area contributed by atoms with Gasteiger partial charge in [-0.3, -0.25) is 14.4 Å². The molecule has 0 bridgehead atoms. The molecule has 0 aliphatic carbocycles. The normalized spacial score (nSPS) is 12.4. The van der Waals surface area contributed by atoms with Crippen molar-refractivity contribution in [3.05, 3.63) is 48.6 Å².